The zero-order valence-corrected chi connectivity index (χ0v) is 15.7. The molecule has 0 aliphatic rings. The maximum Gasteiger partial charge on any atom is 0.348 e. The fourth-order valence-corrected chi connectivity index (χ4v) is 2.13. The standard InChI is InChI=1S/C21H22FNO4/c1-14(19(24)26-21(2,3)4)20(25)27-23-18(15-8-6-5-7-9-15)16-10-12-17(22)13-11-16/h5-14H,1-4H3/b23-18+. The van der Waals surface area contributed by atoms with Crippen molar-refractivity contribution in [2.75, 3.05) is 0 Å². The summed E-state index contributed by atoms with van der Waals surface area (Å²) in [7, 11) is 0. The van der Waals surface area contributed by atoms with Gasteiger partial charge in [0.1, 0.15) is 17.1 Å². The van der Waals surface area contributed by atoms with E-state index in [1.54, 1.807) is 45.0 Å². The summed E-state index contributed by atoms with van der Waals surface area (Å²) in [6, 6.07) is 14.7. The van der Waals surface area contributed by atoms with Gasteiger partial charge in [0.15, 0.2) is 5.92 Å². The Morgan fingerprint density at radius 3 is 2.04 bits per heavy atom. The molecular weight excluding hydrogens is 349 g/mol. The summed E-state index contributed by atoms with van der Waals surface area (Å²) < 4.78 is 18.4. The van der Waals surface area contributed by atoms with E-state index in [0.29, 0.717) is 16.8 Å². The van der Waals surface area contributed by atoms with Crippen molar-refractivity contribution in [1.82, 2.24) is 0 Å². The van der Waals surface area contributed by atoms with Crippen molar-refractivity contribution in [1.29, 1.82) is 0 Å². The number of rotatable bonds is 5. The van der Waals surface area contributed by atoms with E-state index in [9.17, 15) is 14.0 Å². The van der Waals surface area contributed by atoms with E-state index >= 15 is 0 Å². The second kappa shape index (κ2) is 8.58. The van der Waals surface area contributed by atoms with Crippen LogP contribution >= 0.6 is 0 Å². The highest BCUT2D eigenvalue weighted by atomic mass is 19.1. The first-order valence-electron chi connectivity index (χ1n) is 8.50. The van der Waals surface area contributed by atoms with Gasteiger partial charge in [-0.3, -0.25) is 4.79 Å². The highest BCUT2D eigenvalue weighted by Gasteiger charge is 2.29. The van der Waals surface area contributed by atoms with Gasteiger partial charge in [-0.1, -0.05) is 35.5 Å². The van der Waals surface area contributed by atoms with Crippen molar-refractivity contribution < 1.29 is 23.6 Å². The molecule has 0 aliphatic carbocycles. The van der Waals surface area contributed by atoms with Crippen LogP contribution in [0.3, 0.4) is 0 Å². The first kappa shape index (κ1) is 20.3. The molecule has 2 aromatic carbocycles. The van der Waals surface area contributed by atoms with Gasteiger partial charge in [-0.05, 0) is 52.0 Å². The van der Waals surface area contributed by atoms with Gasteiger partial charge in [0.05, 0.1) is 0 Å². The molecule has 0 amide bonds. The number of oxime groups is 1. The first-order valence-corrected chi connectivity index (χ1v) is 8.50. The van der Waals surface area contributed by atoms with Crippen LogP contribution in [0.5, 0.6) is 0 Å². The van der Waals surface area contributed by atoms with Crippen LogP contribution in [-0.4, -0.2) is 23.3 Å². The maximum absolute atomic E-state index is 13.2. The number of halogens is 1. The normalized spacial score (nSPS) is 13.0. The molecule has 5 nitrogen and oxygen atoms in total. The highest BCUT2D eigenvalue weighted by molar-refractivity contribution is 6.12. The smallest absolute Gasteiger partial charge is 0.348 e. The van der Waals surface area contributed by atoms with E-state index in [0.717, 1.165) is 0 Å². The molecule has 2 aromatic rings. The average molecular weight is 371 g/mol. The number of nitrogens with zero attached hydrogens (tertiary/aromatic N) is 1. The molecule has 27 heavy (non-hydrogen) atoms. The zero-order valence-electron chi connectivity index (χ0n) is 15.7. The Morgan fingerprint density at radius 2 is 1.48 bits per heavy atom. The van der Waals surface area contributed by atoms with Crippen LogP contribution in [0.15, 0.2) is 59.8 Å². The number of carbonyl (C=O) groups is 2. The van der Waals surface area contributed by atoms with Gasteiger partial charge < -0.3 is 9.57 Å². The van der Waals surface area contributed by atoms with E-state index in [4.69, 9.17) is 9.57 Å². The van der Waals surface area contributed by atoms with Crippen molar-refractivity contribution in [3.63, 3.8) is 0 Å². The lowest BCUT2D eigenvalue weighted by atomic mass is 10.0. The van der Waals surface area contributed by atoms with Gasteiger partial charge in [0.25, 0.3) is 0 Å². The lowest BCUT2D eigenvalue weighted by Crippen LogP contribution is -2.31. The van der Waals surface area contributed by atoms with Crippen molar-refractivity contribution in [2.24, 2.45) is 11.1 Å². The van der Waals surface area contributed by atoms with Gasteiger partial charge in [0, 0.05) is 11.1 Å². The lowest BCUT2D eigenvalue weighted by molar-refractivity contribution is -0.168. The monoisotopic (exact) mass is 371 g/mol. The summed E-state index contributed by atoms with van der Waals surface area (Å²) >= 11 is 0. The fourth-order valence-electron chi connectivity index (χ4n) is 2.13. The molecule has 0 saturated heterocycles. The quantitative estimate of drug-likeness (QED) is 0.261. The second-order valence-electron chi connectivity index (χ2n) is 6.98. The van der Waals surface area contributed by atoms with Gasteiger partial charge in [-0.2, -0.15) is 0 Å². The molecule has 0 fully saturated rings. The number of carbonyl (C=O) groups excluding carboxylic acids is 2. The van der Waals surface area contributed by atoms with E-state index < -0.39 is 23.5 Å². The molecule has 142 valence electrons. The Kier molecular flexibility index (Phi) is 6.45. The van der Waals surface area contributed by atoms with Crippen LogP contribution in [0.4, 0.5) is 4.39 Å². The predicted molar refractivity (Wildman–Crippen MR) is 99.6 cm³/mol. The molecule has 0 spiro atoms. The first-order chi connectivity index (χ1) is 12.7. The third kappa shape index (κ3) is 6.02. The van der Waals surface area contributed by atoms with Crippen LogP contribution in [-0.2, 0) is 19.2 Å². The van der Waals surface area contributed by atoms with Gasteiger partial charge in [-0.15, -0.1) is 0 Å². The van der Waals surface area contributed by atoms with Crippen LogP contribution in [0.1, 0.15) is 38.8 Å². The summed E-state index contributed by atoms with van der Waals surface area (Å²) in [5.41, 5.74) is 0.889. The van der Waals surface area contributed by atoms with Crippen molar-refractivity contribution in [2.45, 2.75) is 33.3 Å². The number of hydrogen-bond acceptors (Lipinski definition) is 5. The zero-order chi connectivity index (χ0) is 20.0. The van der Waals surface area contributed by atoms with E-state index in [2.05, 4.69) is 5.16 Å². The van der Waals surface area contributed by atoms with Crippen molar-refractivity contribution in [3.05, 3.63) is 71.5 Å². The molecule has 0 radical (unpaired) electrons. The highest BCUT2D eigenvalue weighted by Crippen LogP contribution is 2.15. The molecule has 1 unspecified atom stereocenters. The van der Waals surface area contributed by atoms with Crippen molar-refractivity contribution in [3.8, 4) is 0 Å². The Balaban J connectivity index is 2.23. The van der Waals surface area contributed by atoms with Crippen LogP contribution < -0.4 is 0 Å². The Morgan fingerprint density at radius 1 is 0.926 bits per heavy atom. The molecule has 2 rings (SSSR count). The third-order valence-corrected chi connectivity index (χ3v) is 3.51. The summed E-state index contributed by atoms with van der Waals surface area (Å²) in [5, 5.41) is 3.93. The fraction of sp³-hybridized carbons (Fsp3) is 0.286. The molecule has 0 bridgehead atoms. The van der Waals surface area contributed by atoms with E-state index in [1.165, 1.54) is 31.2 Å². The van der Waals surface area contributed by atoms with Gasteiger partial charge in [0.2, 0.25) is 0 Å². The topological polar surface area (TPSA) is 65.0 Å². The number of benzene rings is 2. The Labute approximate surface area is 157 Å². The van der Waals surface area contributed by atoms with E-state index in [1.807, 2.05) is 6.07 Å². The van der Waals surface area contributed by atoms with Crippen LogP contribution in [0.2, 0.25) is 0 Å². The van der Waals surface area contributed by atoms with Crippen molar-refractivity contribution >= 4 is 17.7 Å². The molecule has 0 N–H and O–H groups in total. The second-order valence-corrected chi connectivity index (χ2v) is 6.98. The average Bonchev–Trinajstić information content (AvgIpc) is 2.62. The summed E-state index contributed by atoms with van der Waals surface area (Å²) in [5.74, 6) is -3.04. The lowest BCUT2D eigenvalue weighted by Gasteiger charge is -2.21. The number of ether oxygens (including phenoxy) is 1. The molecule has 0 saturated carbocycles. The predicted octanol–water partition coefficient (Wildman–Crippen LogP) is 4.10. The van der Waals surface area contributed by atoms with Crippen LogP contribution in [0.25, 0.3) is 0 Å². The Hall–Kier alpha value is -3.02. The molecule has 1 atom stereocenters. The SMILES string of the molecule is CC(C(=O)O/N=C(\c1ccccc1)c1ccc(F)cc1)C(=O)OC(C)(C)C. The summed E-state index contributed by atoms with van der Waals surface area (Å²) in [4.78, 5) is 29.2. The molecular formula is C21H22FNO4. The minimum atomic E-state index is -1.13. The minimum absolute atomic E-state index is 0.348. The largest absolute Gasteiger partial charge is 0.459 e. The van der Waals surface area contributed by atoms with Gasteiger partial charge in [-0.25, -0.2) is 9.18 Å². The number of hydrogen-bond donors (Lipinski definition) is 0. The molecule has 0 heterocycles. The number of esters is 1. The molecule has 0 aromatic heterocycles. The summed E-state index contributed by atoms with van der Waals surface area (Å²) in [6.07, 6.45) is 0. The minimum Gasteiger partial charge on any atom is -0.459 e. The third-order valence-electron chi connectivity index (χ3n) is 3.51. The van der Waals surface area contributed by atoms with E-state index in [-0.39, 0.29) is 5.82 Å². The molecule has 6 heteroatoms. The van der Waals surface area contributed by atoms with Crippen LogP contribution in [0, 0.1) is 11.7 Å². The Bertz CT molecular complexity index is 824. The molecule has 0 aliphatic heterocycles. The maximum atomic E-state index is 13.2. The van der Waals surface area contributed by atoms with Gasteiger partial charge >= 0.3 is 11.9 Å². The summed E-state index contributed by atoms with van der Waals surface area (Å²) in [6.45, 7) is 6.53.